The van der Waals surface area contributed by atoms with Gasteiger partial charge in [0.1, 0.15) is 5.88 Å². The fraction of sp³-hybridized carbons (Fsp3) is 0.500. The number of aliphatic carboxylic acids is 6. The summed E-state index contributed by atoms with van der Waals surface area (Å²) in [5.41, 5.74) is 0. The maximum atomic E-state index is 9.24. The molecule has 31 heavy (non-hydrogen) atoms. The molecule has 0 saturated heterocycles. The number of hydrogen-bond donors (Lipinski definition) is 6. The summed E-state index contributed by atoms with van der Waals surface area (Å²) in [5, 5.41) is 44.7. The van der Waals surface area contributed by atoms with Crippen LogP contribution < -0.4 is 0 Å². The summed E-state index contributed by atoms with van der Waals surface area (Å²) in [5.74, 6) is -5.45. The molecule has 0 bridgehead atoms. The number of alkyl halides is 1. The van der Waals surface area contributed by atoms with Crippen molar-refractivity contribution in [3.8, 4) is 0 Å². The quantitative estimate of drug-likeness (QED) is 0.186. The van der Waals surface area contributed by atoms with Crippen molar-refractivity contribution in [1.29, 1.82) is 0 Å². The second-order valence-corrected chi connectivity index (χ2v) is 3.39. The smallest absolute Gasteiger partial charge is 0.318 e. The predicted molar refractivity (Wildman–Crippen MR) is 107 cm³/mol. The van der Waals surface area contributed by atoms with Crippen molar-refractivity contribution in [3.63, 3.8) is 0 Å². The third kappa shape index (κ3) is 13000. The first kappa shape index (κ1) is 79.9. The van der Waals surface area contributed by atoms with Crippen molar-refractivity contribution in [2.75, 3.05) is 5.88 Å². The highest BCUT2D eigenvalue weighted by atomic mass is 35.5. The van der Waals surface area contributed by atoms with Gasteiger partial charge in [-0.2, -0.15) is 0 Å². The Balaban J connectivity index is -0.0000000135. The van der Waals surface area contributed by atoms with Crippen molar-refractivity contribution in [2.24, 2.45) is 0 Å². The Labute approximate surface area is 181 Å². The Kier molecular flexibility index (Phi) is 184. The molecule has 0 aliphatic heterocycles. The lowest BCUT2D eigenvalue weighted by atomic mass is 10.8. The summed E-state index contributed by atoms with van der Waals surface area (Å²) in [4.78, 5) is 54.2. The molecule has 0 rings (SSSR count). The Morgan fingerprint density at radius 1 is 0.452 bits per heavy atom. The molecule has 0 amide bonds. The van der Waals surface area contributed by atoms with Gasteiger partial charge >= 0.3 is 5.97 Å². The van der Waals surface area contributed by atoms with E-state index in [0.717, 1.165) is 34.6 Å². The van der Waals surface area contributed by atoms with Gasteiger partial charge in [0, 0.05) is 34.6 Å². The van der Waals surface area contributed by atoms with Crippen molar-refractivity contribution in [2.45, 2.75) is 34.6 Å². The minimum absolute atomic E-state index is 0. The molecule has 0 aromatic carbocycles. The van der Waals surface area contributed by atoms with E-state index in [4.69, 9.17) is 66.2 Å². The molecule has 0 fully saturated rings. The molecule has 0 aromatic rings. The number of carbonyl (C=O) groups is 6. The standard InChI is InChI=1S/C2H3ClO2.5C2H4O2.6H2O/c3-1-2(4)5;5*1-2(3)4;;;;;;/h1H2,(H,4,5);5*1H3,(H,3,4);6*1H2. The van der Waals surface area contributed by atoms with Gasteiger partial charge in [-0.3, -0.25) is 28.8 Å². The molecule has 0 aromatic heterocycles. The van der Waals surface area contributed by atoms with Gasteiger partial charge in [0.2, 0.25) is 0 Å². The Morgan fingerprint density at radius 3 is 0.484 bits per heavy atom. The van der Waals surface area contributed by atoms with E-state index >= 15 is 0 Å². The Bertz CT molecular complexity index is 307. The Hall–Kier alpha value is -3.13. The van der Waals surface area contributed by atoms with Crippen LogP contribution in [0, 0.1) is 0 Å². The molecule has 0 heterocycles. The molecular weight excluding hydrogens is 468 g/mol. The fourth-order valence-corrected chi connectivity index (χ4v) is 0. The van der Waals surface area contributed by atoms with E-state index in [-0.39, 0.29) is 38.7 Å². The molecular formula is C12H35ClO18. The highest BCUT2D eigenvalue weighted by molar-refractivity contribution is 6.26. The van der Waals surface area contributed by atoms with Gasteiger partial charge in [-0.25, -0.2) is 0 Å². The van der Waals surface area contributed by atoms with Gasteiger partial charge < -0.3 is 63.5 Å². The van der Waals surface area contributed by atoms with Crippen LogP contribution in [0.15, 0.2) is 0 Å². The molecule has 0 radical (unpaired) electrons. The summed E-state index contributed by atoms with van der Waals surface area (Å²) >= 11 is 4.74. The second kappa shape index (κ2) is 71.4. The zero-order chi connectivity index (χ0) is 22.2. The average Bonchev–Trinajstić information content (AvgIpc) is 2.24. The van der Waals surface area contributed by atoms with E-state index in [1.165, 1.54) is 0 Å². The highest BCUT2D eigenvalue weighted by Crippen LogP contribution is 1.67. The van der Waals surface area contributed by atoms with Crippen molar-refractivity contribution in [3.05, 3.63) is 0 Å². The lowest BCUT2D eigenvalue weighted by molar-refractivity contribution is -0.135. The minimum Gasteiger partial charge on any atom is -0.481 e. The lowest BCUT2D eigenvalue weighted by Gasteiger charge is -1.69. The van der Waals surface area contributed by atoms with Crippen LogP contribution in [-0.4, -0.2) is 105 Å². The van der Waals surface area contributed by atoms with Gasteiger partial charge in [-0.05, 0) is 0 Å². The zero-order valence-corrected chi connectivity index (χ0v) is 18.0. The van der Waals surface area contributed by atoms with Gasteiger partial charge in [-0.15, -0.1) is 11.6 Å². The second-order valence-electron chi connectivity index (χ2n) is 3.12. The first-order chi connectivity index (χ1) is 10.9. The number of carboxylic acids is 6. The molecule has 0 aliphatic carbocycles. The zero-order valence-electron chi connectivity index (χ0n) is 17.2. The maximum absolute atomic E-state index is 9.24. The number of hydrogen-bond acceptors (Lipinski definition) is 6. The SMILES string of the molecule is CC(=O)O.CC(=O)O.CC(=O)O.CC(=O)O.CC(=O)O.O.O.O.O.O.O.O=C(O)CCl. The van der Waals surface area contributed by atoms with Crippen molar-refractivity contribution < 1.29 is 92.3 Å². The summed E-state index contributed by atoms with van der Waals surface area (Å²) in [6.07, 6.45) is 0. The van der Waals surface area contributed by atoms with Crippen LogP contribution >= 0.6 is 11.6 Å². The van der Waals surface area contributed by atoms with E-state index in [1.54, 1.807) is 0 Å². The lowest BCUT2D eigenvalue weighted by Crippen LogP contribution is -1.92. The maximum Gasteiger partial charge on any atom is 0.318 e. The Morgan fingerprint density at radius 2 is 0.484 bits per heavy atom. The molecule has 0 saturated carbocycles. The van der Waals surface area contributed by atoms with E-state index < -0.39 is 35.8 Å². The van der Waals surface area contributed by atoms with Crippen LogP contribution in [0.2, 0.25) is 0 Å². The molecule has 0 aliphatic rings. The minimum atomic E-state index is -0.980. The van der Waals surface area contributed by atoms with Crippen molar-refractivity contribution >= 4 is 47.4 Å². The summed E-state index contributed by atoms with van der Waals surface area (Å²) in [6.45, 7) is 5.42. The van der Waals surface area contributed by atoms with Gasteiger partial charge in [0.15, 0.2) is 0 Å². The van der Waals surface area contributed by atoms with Crippen LogP contribution in [0.25, 0.3) is 0 Å². The van der Waals surface area contributed by atoms with E-state index in [9.17, 15) is 4.79 Å². The molecule has 19 heteroatoms. The highest BCUT2D eigenvalue weighted by Gasteiger charge is 1.83. The first-order valence-electron chi connectivity index (χ1n) is 5.69. The first-order valence-corrected chi connectivity index (χ1v) is 6.22. The number of halogens is 1. The topological polar surface area (TPSA) is 413 Å². The van der Waals surface area contributed by atoms with Gasteiger partial charge in [0.25, 0.3) is 29.8 Å². The number of carboxylic acid groups (broad SMARTS) is 6. The van der Waals surface area contributed by atoms with Crippen LogP contribution in [0.1, 0.15) is 34.6 Å². The third-order valence-electron chi connectivity index (χ3n) is 0.114. The van der Waals surface area contributed by atoms with Crippen LogP contribution in [0.5, 0.6) is 0 Å². The van der Waals surface area contributed by atoms with E-state index in [2.05, 4.69) is 0 Å². The van der Waals surface area contributed by atoms with E-state index in [1.807, 2.05) is 0 Å². The molecule has 0 atom stereocenters. The number of rotatable bonds is 1. The van der Waals surface area contributed by atoms with Crippen molar-refractivity contribution in [1.82, 2.24) is 0 Å². The predicted octanol–water partition coefficient (Wildman–Crippen LogP) is -4.18. The third-order valence-corrected chi connectivity index (χ3v) is 0.343. The molecule has 198 valence electrons. The monoisotopic (exact) mass is 502 g/mol. The molecule has 18 N–H and O–H groups in total. The summed E-state index contributed by atoms with van der Waals surface area (Å²) < 4.78 is 0. The molecule has 0 spiro atoms. The van der Waals surface area contributed by atoms with Crippen LogP contribution in [-0.2, 0) is 28.8 Å². The van der Waals surface area contributed by atoms with Gasteiger partial charge in [0.05, 0.1) is 0 Å². The van der Waals surface area contributed by atoms with Crippen LogP contribution in [0.4, 0.5) is 0 Å². The van der Waals surface area contributed by atoms with Crippen LogP contribution in [0.3, 0.4) is 0 Å². The average molecular weight is 503 g/mol. The van der Waals surface area contributed by atoms with E-state index in [0.29, 0.717) is 0 Å². The fourth-order valence-electron chi connectivity index (χ4n) is 0. The summed E-state index contributed by atoms with van der Waals surface area (Å²) in [7, 11) is 0. The largest absolute Gasteiger partial charge is 0.481 e. The summed E-state index contributed by atoms with van der Waals surface area (Å²) in [6, 6.07) is 0. The normalized spacial score (nSPS) is 5.23. The molecule has 18 nitrogen and oxygen atoms in total. The molecule has 0 unspecified atom stereocenters. The van der Waals surface area contributed by atoms with Gasteiger partial charge in [-0.1, -0.05) is 0 Å².